The molecule has 0 aromatic carbocycles. The number of aryl methyl sites for hydroxylation is 1. The minimum Gasteiger partial charge on any atom is -0.158 e. The van der Waals surface area contributed by atoms with Gasteiger partial charge in [-0.1, -0.05) is 0 Å². The number of hydrogen-bond donors (Lipinski definition) is 0. The Bertz CT molecular complexity index is 353. The van der Waals surface area contributed by atoms with Crippen LogP contribution in [0.4, 0.5) is 0 Å². The average molecular weight is 150 g/mol. The Morgan fingerprint density at radius 2 is 2.30 bits per heavy atom. The first-order chi connectivity index (χ1) is 4.88. The van der Waals surface area contributed by atoms with E-state index in [-0.39, 0.29) is 0 Å². The van der Waals surface area contributed by atoms with Crippen LogP contribution in [-0.4, -0.2) is 10.2 Å². The molecular formula is C7H6N2S. The van der Waals surface area contributed by atoms with Crippen molar-refractivity contribution in [2.45, 2.75) is 6.92 Å². The maximum Gasteiger partial charge on any atom is 0.0686 e. The molecule has 2 nitrogen and oxygen atoms in total. The molecule has 2 heterocycles. The lowest BCUT2D eigenvalue weighted by molar-refractivity contribution is 1.00. The number of nitrogens with zero attached hydrogens (tertiary/aromatic N) is 2. The van der Waals surface area contributed by atoms with Crippen molar-refractivity contribution in [2.75, 3.05) is 0 Å². The molecule has 0 saturated carbocycles. The fourth-order valence-electron chi connectivity index (χ4n) is 0.933. The Balaban J connectivity index is 2.95. The fourth-order valence-corrected chi connectivity index (χ4v) is 1.78. The minimum absolute atomic E-state index is 1.01. The van der Waals surface area contributed by atoms with Crippen LogP contribution >= 0.6 is 11.3 Å². The second-order valence-electron chi connectivity index (χ2n) is 2.17. The van der Waals surface area contributed by atoms with E-state index in [2.05, 4.69) is 21.0 Å². The van der Waals surface area contributed by atoms with Gasteiger partial charge < -0.3 is 0 Å². The third-order valence-corrected chi connectivity index (χ3v) is 2.25. The van der Waals surface area contributed by atoms with Gasteiger partial charge in [0.25, 0.3) is 0 Å². The standard InChI is InChI=1S/C7H6N2S/c1-5-7-4-10-3-6(7)2-8-9-5/h2-4H,1H3. The number of thiophene rings is 1. The van der Waals surface area contributed by atoms with Crippen LogP contribution in [-0.2, 0) is 0 Å². The van der Waals surface area contributed by atoms with Gasteiger partial charge in [-0.15, -0.1) is 0 Å². The van der Waals surface area contributed by atoms with E-state index in [0.717, 1.165) is 5.69 Å². The second-order valence-corrected chi connectivity index (χ2v) is 2.91. The first-order valence-corrected chi connectivity index (χ1v) is 3.96. The maximum atomic E-state index is 3.94. The summed E-state index contributed by atoms with van der Waals surface area (Å²) in [5.74, 6) is 0. The molecule has 0 aliphatic heterocycles. The van der Waals surface area contributed by atoms with Gasteiger partial charge in [-0.2, -0.15) is 21.5 Å². The summed E-state index contributed by atoms with van der Waals surface area (Å²) in [6, 6.07) is 0. The van der Waals surface area contributed by atoms with Gasteiger partial charge in [0.15, 0.2) is 0 Å². The predicted octanol–water partition coefficient (Wildman–Crippen LogP) is 2.00. The minimum atomic E-state index is 1.01. The van der Waals surface area contributed by atoms with Crippen LogP contribution in [0.2, 0.25) is 0 Å². The van der Waals surface area contributed by atoms with Crippen molar-refractivity contribution >= 4 is 22.1 Å². The molecule has 0 aliphatic carbocycles. The Hall–Kier alpha value is -0.960. The number of hydrogen-bond acceptors (Lipinski definition) is 3. The maximum absolute atomic E-state index is 3.94. The van der Waals surface area contributed by atoms with E-state index in [0.29, 0.717) is 0 Å². The van der Waals surface area contributed by atoms with E-state index in [4.69, 9.17) is 0 Å². The molecule has 0 fully saturated rings. The first-order valence-electron chi connectivity index (χ1n) is 3.02. The molecule has 0 radical (unpaired) electrons. The zero-order chi connectivity index (χ0) is 6.97. The molecule has 0 N–H and O–H groups in total. The summed E-state index contributed by atoms with van der Waals surface area (Å²) in [5.41, 5.74) is 1.01. The monoisotopic (exact) mass is 150 g/mol. The predicted molar refractivity (Wildman–Crippen MR) is 42.2 cm³/mol. The van der Waals surface area contributed by atoms with Crippen molar-refractivity contribution in [1.82, 2.24) is 10.2 Å². The highest BCUT2D eigenvalue weighted by atomic mass is 32.1. The highest BCUT2D eigenvalue weighted by Crippen LogP contribution is 2.18. The molecule has 0 aliphatic rings. The third-order valence-electron chi connectivity index (χ3n) is 1.49. The summed E-state index contributed by atoms with van der Waals surface area (Å²) < 4.78 is 0. The average Bonchev–Trinajstić information content (AvgIpc) is 2.36. The normalized spacial score (nSPS) is 10.5. The SMILES string of the molecule is Cc1nncc2cscc12. The van der Waals surface area contributed by atoms with E-state index < -0.39 is 0 Å². The number of rotatable bonds is 0. The Labute approximate surface area is 62.5 Å². The molecular weight excluding hydrogens is 144 g/mol. The topological polar surface area (TPSA) is 25.8 Å². The Morgan fingerprint density at radius 1 is 1.40 bits per heavy atom. The van der Waals surface area contributed by atoms with Gasteiger partial charge in [-0.3, -0.25) is 0 Å². The van der Waals surface area contributed by atoms with Crippen molar-refractivity contribution < 1.29 is 0 Å². The summed E-state index contributed by atoms with van der Waals surface area (Å²) in [7, 11) is 0. The van der Waals surface area contributed by atoms with E-state index in [1.54, 1.807) is 17.5 Å². The van der Waals surface area contributed by atoms with Crippen molar-refractivity contribution in [3.63, 3.8) is 0 Å². The van der Waals surface area contributed by atoms with Crippen LogP contribution in [0.1, 0.15) is 5.69 Å². The van der Waals surface area contributed by atoms with Gasteiger partial charge in [0, 0.05) is 21.5 Å². The molecule has 2 aromatic rings. The summed E-state index contributed by atoms with van der Waals surface area (Å²) in [5, 5.41) is 14.4. The summed E-state index contributed by atoms with van der Waals surface area (Å²) in [6.07, 6.45) is 1.79. The Morgan fingerprint density at radius 3 is 3.10 bits per heavy atom. The van der Waals surface area contributed by atoms with E-state index in [1.807, 2.05) is 6.92 Å². The van der Waals surface area contributed by atoms with Crippen molar-refractivity contribution in [1.29, 1.82) is 0 Å². The highest BCUT2D eigenvalue weighted by Gasteiger charge is 1.96. The molecule has 0 bridgehead atoms. The van der Waals surface area contributed by atoms with Crippen LogP contribution in [0.5, 0.6) is 0 Å². The second kappa shape index (κ2) is 2.02. The van der Waals surface area contributed by atoms with Crippen molar-refractivity contribution in [3.05, 3.63) is 22.7 Å². The van der Waals surface area contributed by atoms with Gasteiger partial charge in [0.2, 0.25) is 0 Å². The molecule has 50 valence electrons. The van der Waals surface area contributed by atoms with Crippen LogP contribution < -0.4 is 0 Å². The molecule has 3 heteroatoms. The molecule has 0 unspecified atom stereocenters. The molecule has 2 rings (SSSR count). The Kier molecular flexibility index (Phi) is 1.17. The lowest BCUT2D eigenvalue weighted by Gasteiger charge is -1.89. The molecule has 0 amide bonds. The molecule has 0 saturated heterocycles. The third kappa shape index (κ3) is 0.708. The lowest BCUT2D eigenvalue weighted by atomic mass is 10.2. The summed E-state index contributed by atoms with van der Waals surface area (Å²) in [4.78, 5) is 0. The summed E-state index contributed by atoms with van der Waals surface area (Å²) in [6.45, 7) is 1.97. The molecule has 2 aromatic heterocycles. The van der Waals surface area contributed by atoms with Gasteiger partial charge in [0.05, 0.1) is 11.9 Å². The number of aromatic nitrogens is 2. The highest BCUT2D eigenvalue weighted by molar-refractivity contribution is 7.09. The molecule has 0 atom stereocenters. The largest absolute Gasteiger partial charge is 0.158 e. The van der Waals surface area contributed by atoms with Crippen molar-refractivity contribution in [3.8, 4) is 0 Å². The van der Waals surface area contributed by atoms with Crippen LogP contribution in [0.15, 0.2) is 17.0 Å². The lowest BCUT2D eigenvalue weighted by Crippen LogP contribution is -1.83. The zero-order valence-electron chi connectivity index (χ0n) is 5.53. The van der Waals surface area contributed by atoms with Crippen LogP contribution in [0, 0.1) is 6.92 Å². The molecule has 0 spiro atoms. The van der Waals surface area contributed by atoms with Gasteiger partial charge in [-0.25, -0.2) is 0 Å². The number of fused-ring (bicyclic) bond motifs is 1. The van der Waals surface area contributed by atoms with E-state index in [9.17, 15) is 0 Å². The zero-order valence-corrected chi connectivity index (χ0v) is 6.35. The van der Waals surface area contributed by atoms with Crippen LogP contribution in [0.3, 0.4) is 0 Å². The van der Waals surface area contributed by atoms with E-state index >= 15 is 0 Å². The van der Waals surface area contributed by atoms with Crippen LogP contribution in [0.25, 0.3) is 10.8 Å². The smallest absolute Gasteiger partial charge is 0.0686 e. The molecule has 10 heavy (non-hydrogen) atoms. The summed E-state index contributed by atoms with van der Waals surface area (Å²) >= 11 is 1.69. The quantitative estimate of drug-likeness (QED) is 0.574. The fraction of sp³-hybridized carbons (Fsp3) is 0.143. The van der Waals surface area contributed by atoms with Gasteiger partial charge >= 0.3 is 0 Å². The van der Waals surface area contributed by atoms with E-state index in [1.165, 1.54) is 10.8 Å². The van der Waals surface area contributed by atoms with Crippen molar-refractivity contribution in [2.24, 2.45) is 0 Å². The van der Waals surface area contributed by atoms with Gasteiger partial charge in [0.1, 0.15) is 0 Å². The van der Waals surface area contributed by atoms with Gasteiger partial charge in [-0.05, 0) is 6.92 Å². The first kappa shape index (κ1) is 5.80.